The number of aliphatic hydroxyl groups excluding tert-OH is 1. The van der Waals surface area contributed by atoms with Crippen LogP contribution in [0.4, 0.5) is 10.2 Å². The van der Waals surface area contributed by atoms with Crippen LogP contribution in [0.15, 0.2) is 28.9 Å². The minimum atomic E-state index is -0.312. The molecule has 8 heteroatoms. The maximum absolute atomic E-state index is 13.2. The topological polar surface area (TPSA) is 58.0 Å². The Balaban J connectivity index is 0.000000956. The van der Waals surface area contributed by atoms with E-state index < -0.39 is 0 Å². The second kappa shape index (κ2) is 8.36. The molecule has 0 saturated heterocycles. The largest absolute Gasteiger partial charge is 0.400 e. The molecule has 1 heterocycles. The summed E-state index contributed by atoms with van der Waals surface area (Å²) in [6.45, 7) is 0.378. The van der Waals surface area contributed by atoms with Crippen molar-refractivity contribution in [1.29, 1.82) is 0 Å². The Morgan fingerprint density at radius 2 is 2.00 bits per heavy atom. The summed E-state index contributed by atoms with van der Waals surface area (Å²) in [5.41, 5.74) is 0.757. The lowest BCUT2D eigenvalue weighted by Crippen LogP contribution is -2.03. The minimum Gasteiger partial charge on any atom is -0.400 e. The van der Waals surface area contributed by atoms with Crippen LogP contribution in [-0.4, -0.2) is 22.2 Å². The summed E-state index contributed by atoms with van der Waals surface area (Å²) < 4.78 is 13.8. The average Bonchev–Trinajstić information content (AvgIpc) is 2.41. The average molecular weight is 383 g/mol. The number of aromatic nitrogens is 2. The van der Waals surface area contributed by atoms with E-state index in [2.05, 4.69) is 31.2 Å². The standard InChI is InChI=1S/C11H7BrCl2FN3.CH4O/c12-7-1-6(2-8(15)3-7)4-16-10-9(13)5-17-11(14)18-10;1-2/h1-3,5H,4H2,(H,16,17,18);2H,1H3. The van der Waals surface area contributed by atoms with Gasteiger partial charge in [0.15, 0.2) is 0 Å². The Bertz CT molecular complexity index is 566. The van der Waals surface area contributed by atoms with Gasteiger partial charge in [0.25, 0.3) is 0 Å². The lowest BCUT2D eigenvalue weighted by atomic mass is 10.2. The highest BCUT2D eigenvalue weighted by molar-refractivity contribution is 9.10. The van der Waals surface area contributed by atoms with Gasteiger partial charge in [-0.2, -0.15) is 4.98 Å². The molecule has 0 radical (unpaired) electrons. The van der Waals surface area contributed by atoms with E-state index in [1.807, 2.05) is 0 Å². The predicted molar refractivity (Wildman–Crippen MR) is 81.6 cm³/mol. The first-order valence-electron chi connectivity index (χ1n) is 5.36. The van der Waals surface area contributed by atoms with E-state index in [9.17, 15) is 4.39 Å². The molecule has 0 aliphatic carbocycles. The third-order valence-corrected chi connectivity index (χ3v) is 3.01. The fourth-order valence-electron chi connectivity index (χ4n) is 1.37. The summed E-state index contributed by atoms with van der Waals surface area (Å²) in [5.74, 6) is 0.102. The van der Waals surface area contributed by atoms with Crippen LogP contribution in [0.25, 0.3) is 0 Å². The number of nitrogens with zero attached hydrogens (tertiary/aromatic N) is 2. The number of benzene rings is 1. The number of halogens is 4. The summed E-state index contributed by atoms with van der Waals surface area (Å²) in [4.78, 5) is 7.68. The van der Waals surface area contributed by atoms with Crippen LogP contribution in [0.1, 0.15) is 5.56 Å². The molecule has 0 bridgehead atoms. The van der Waals surface area contributed by atoms with Gasteiger partial charge in [-0.3, -0.25) is 0 Å². The van der Waals surface area contributed by atoms with Crippen molar-refractivity contribution < 1.29 is 9.50 Å². The normalized spacial score (nSPS) is 9.70. The van der Waals surface area contributed by atoms with Crippen LogP contribution < -0.4 is 5.32 Å². The van der Waals surface area contributed by atoms with E-state index in [0.29, 0.717) is 21.9 Å². The molecule has 1 aromatic heterocycles. The fourth-order valence-corrected chi connectivity index (χ4v) is 2.17. The molecule has 0 spiro atoms. The summed E-state index contributed by atoms with van der Waals surface area (Å²) >= 11 is 14.8. The number of nitrogens with one attached hydrogen (secondary N) is 1. The van der Waals surface area contributed by atoms with Crippen molar-refractivity contribution in [2.45, 2.75) is 6.54 Å². The van der Waals surface area contributed by atoms with Gasteiger partial charge in [-0.15, -0.1) is 0 Å². The maximum atomic E-state index is 13.2. The van der Waals surface area contributed by atoms with E-state index in [0.717, 1.165) is 12.7 Å². The van der Waals surface area contributed by atoms with Crippen molar-refractivity contribution in [2.75, 3.05) is 12.4 Å². The molecule has 2 N–H and O–H groups in total. The molecule has 4 nitrogen and oxygen atoms in total. The molecule has 1 aromatic carbocycles. The van der Waals surface area contributed by atoms with E-state index >= 15 is 0 Å². The Morgan fingerprint density at radius 3 is 2.65 bits per heavy atom. The SMILES string of the molecule is CO.Fc1cc(Br)cc(CNc2nc(Cl)ncc2Cl)c1. The number of aliphatic hydroxyl groups is 1. The zero-order valence-electron chi connectivity index (χ0n) is 10.4. The number of hydrogen-bond donors (Lipinski definition) is 2. The van der Waals surface area contributed by atoms with Gasteiger partial charge in [-0.25, -0.2) is 9.37 Å². The van der Waals surface area contributed by atoms with Crippen molar-refractivity contribution in [3.8, 4) is 0 Å². The molecule has 0 amide bonds. The first-order chi connectivity index (χ1) is 9.54. The van der Waals surface area contributed by atoms with E-state index in [-0.39, 0.29) is 11.1 Å². The maximum Gasteiger partial charge on any atom is 0.224 e. The molecule has 2 aromatic rings. The molecule has 0 unspecified atom stereocenters. The van der Waals surface area contributed by atoms with Crippen LogP contribution in [0.3, 0.4) is 0 Å². The van der Waals surface area contributed by atoms with Crippen LogP contribution in [0.5, 0.6) is 0 Å². The van der Waals surface area contributed by atoms with Crippen LogP contribution >= 0.6 is 39.1 Å². The molecule has 0 saturated carbocycles. The molecule has 0 fully saturated rings. The van der Waals surface area contributed by atoms with E-state index in [1.165, 1.54) is 18.3 Å². The predicted octanol–water partition coefficient (Wildman–Crippen LogP) is 3.91. The highest BCUT2D eigenvalue weighted by atomic mass is 79.9. The van der Waals surface area contributed by atoms with Gasteiger partial charge in [0.1, 0.15) is 16.7 Å². The van der Waals surface area contributed by atoms with Crippen LogP contribution in [0.2, 0.25) is 10.3 Å². The number of anilines is 1. The van der Waals surface area contributed by atoms with E-state index in [4.69, 9.17) is 28.3 Å². The Kier molecular flexibility index (Phi) is 7.15. The highest BCUT2D eigenvalue weighted by Gasteiger charge is 2.05. The molecule has 108 valence electrons. The zero-order chi connectivity index (χ0) is 15.1. The van der Waals surface area contributed by atoms with Crippen LogP contribution in [0, 0.1) is 5.82 Å². The first kappa shape index (κ1) is 17.1. The molecule has 2 rings (SSSR count). The van der Waals surface area contributed by atoms with Gasteiger partial charge in [0.05, 0.1) is 6.20 Å². The van der Waals surface area contributed by atoms with Crippen molar-refractivity contribution >= 4 is 44.9 Å². The van der Waals surface area contributed by atoms with Crippen molar-refractivity contribution in [3.63, 3.8) is 0 Å². The molecular weight excluding hydrogens is 372 g/mol. The monoisotopic (exact) mass is 381 g/mol. The summed E-state index contributed by atoms with van der Waals surface area (Å²) in [6.07, 6.45) is 1.40. The second-order valence-electron chi connectivity index (χ2n) is 3.47. The fraction of sp³-hybridized carbons (Fsp3) is 0.167. The van der Waals surface area contributed by atoms with Crippen molar-refractivity contribution in [2.24, 2.45) is 0 Å². The Labute approximate surface area is 134 Å². The minimum absolute atomic E-state index is 0.0994. The number of rotatable bonds is 3. The van der Waals surface area contributed by atoms with Gasteiger partial charge in [-0.1, -0.05) is 27.5 Å². The summed E-state index contributed by atoms with van der Waals surface area (Å²) in [7, 11) is 1.00. The van der Waals surface area contributed by atoms with Gasteiger partial charge < -0.3 is 10.4 Å². The Hall–Kier alpha value is -0.950. The third kappa shape index (κ3) is 5.20. The van der Waals surface area contributed by atoms with Crippen molar-refractivity contribution in [1.82, 2.24) is 9.97 Å². The molecular formula is C12H11BrCl2FN3O. The molecule has 0 atom stereocenters. The summed E-state index contributed by atoms with van der Waals surface area (Å²) in [5, 5.41) is 10.4. The highest BCUT2D eigenvalue weighted by Crippen LogP contribution is 2.21. The molecule has 0 aliphatic heterocycles. The summed E-state index contributed by atoms with van der Waals surface area (Å²) in [6, 6.07) is 4.61. The van der Waals surface area contributed by atoms with Crippen molar-refractivity contribution in [3.05, 3.63) is 50.6 Å². The first-order valence-corrected chi connectivity index (χ1v) is 6.91. The van der Waals surface area contributed by atoms with Gasteiger partial charge in [0, 0.05) is 18.1 Å². The molecule has 0 aliphatic rings. The lowest BCUT2D eigenvalue weighted by Gasteiger charge is -2.08. The van der Waals surface area contributed by atoms with Gasteiger partial charge >= 0.3 is 0 Å². The van der Waals surface area contributed by atoms with E-state index in [1.54, 1.807) is 6.07 Å². The Morgan fingerprint density at radius 1 is 1.30 bits per heavy atom. The smallest absolute Gasteiger partial charge is 0.224 e. The molecule has 20 heavy (non-hydrogen) atoms. The number of hydrogen-bond acceptors (Lipinski definition) is 4. The lowest BCUT2D eigenvalue weighted by molar-refractivity contribution is 0.399. The zero-order valence-corrected chi connectivity index (χ0v) is 13.5. The van der Waals surface area contributed by atoms with Gasteiger partial charge in [-0.05, 0) is 35.4 Å². The third-order valence-electron chi connectivity index (χ3n) is 2.10. The van der Waals surface area contributed by atoms with Gasteiger partial charge in [0.2, 0.25) is 5.28 Å². The second-order valence-corrected chi connectivity index (χ2v) is 5.13. The van der Waals surface area contributed by atoms with Crippen LogP contribution in [-0.2, 0) is 6.54 Å². The quantitative estimate of drug-likeness (QED) is 0.790.